The van der Waals surface area contributed by atoms with Crippen molar-refractivity contribution in [1.29, 1.82) is 0 Å². The van der Waals surface area contributed by atoms with Gasteiger partial charge in [0.2, 0.25) is 0 Å². The molecule has 0 radical (unpaired) electrons. The number of nitrogens with one attached hydrogen (secondary N) is 2. The second-order valence-electron chi connectivity index (χ2n) is 4.69. The standard InChI is InChI=1S/C14H16FN3O/c1-19-13-5-4-9(15)7-10(13)11-8-17-18-14(11)12-3-2-6-16-12/h4-5,7-8,12,16H,2-3,6H2,1H3,(H,17,18). The molecule has 1 aromatic heterocycles. The van der Waals surface area contributed by atoms with Crippen molar-refractivity contribution in [3.63, 3.8) is 0 Å². The molecule has 4 nitrogen and oxygen atoms in total. The second kappa shape index (κ2) is 5.01. The minimum absolute atomic E-state index is 0.255. The number of rotatable bonds is 3. The third kappa shape index (κ3) is 2.21. The van der Waals surface area contributed by atoms with Crippen LogP contribution in [0.1, 0.15) is 24.6 Å². The van der Waals surface area contributed by atoms with Crippen molar-refractivity contribution in [2.75, 3.05) is 13.7 Å². The van der Waals surface area contributed by atoms with Crippen LogP contribution in [0.2, 0.25) is 0 Å². The molecule has 0 amide bonds. The van der Waals surface area contributed by atoms with Crippen LogP contribution in [0.15, 0.2) is 24.4 Å². The second-order valence-corrected chi connectivity index (χ2v) is 4.69. The Morgan fingerprint density at radius 2 is 2.26 bits per heavy atom. The van der Waals surface area contributed by atoms with E-state index in [4.69, 9.17) is 4.74 Å². The van der Waals surface area contributed by atoms with Crippen molar-refractivity contribution in [2.24, 2.45) is 0 Å². The zero-order valence-electron chi connectivity index (χ0n) is 10.7. The Labute approximate surface area is 111 Å². The molecule has 3 rings (SSSR count). The zero-order valence-corrected chi connectivity index (χ0v) is 10.7. The number of H-pyrrole nitrogens is 1. The van der Waals surface area contributed by atoms with E-state index in [-0.39, 0.29) is 11.9 Å². The van der Waals surface area contributed by atoms with Gasteiger partial charge in [-0.05, 0) is 37.6 Å². The Kier molecular flexibility index (Phi) is 3.21. The lowest BCUT2D eigenvalue weighted by molar-refractivity contribution is 0.415. The molecule has 1 aromatic carbocycles. The van der Waals surface area contributed by atoms with Crippen LogP contribution in [0.3, 0.4) is 0 Å². The fourth-order valence-electron chi connectivity index (χ4n) is 2.60. The summed E-state index contributed by atoms with van der Waals surface area (Å²) in [5.41, 5.74) is 2.64. The highest BCUT2D eigenvalue weighted by Gasteiger charge is 2.23. The number of methoxy groups -OCH3 is 1. The molecular formula is C14H16FN3O. The largest absolute Gasteiger partial charge is 0.496 e. The van der Waals surface area contributed by atoms with Gasteiger partial charge in [-0.2, -0.15) is 5.10 Å². The molecule has 1 aliphatic heterocycles. The minimum atomic E-state index is -0.276. The van der Waals surface area contributed by atoms with E-state index in [0.717, 1.165) is 36.2 Å². The maximum Gasteiger partial charge on any atom is 0.127 e. The number of aromatic amines is 1. The molecule has 1 saturated heterocycles. The summed E-state index contributed by atoms with van der Waals surface area (Å²) in [5.74, 6) is 0.379. The minimum Gasteiger partial charge on any atom is -0.496 e. The number of ether oxygens (including phenoxy) is 1. The van der Waals surface area contributed by atoms with Crippen molar-refractivity contribution >= 4 is 0 Å². The molecule has 1 aliphatic rings. The molecule has 0 saturated carbocycles. The smallest absolute Gasteiger partial charge is 0.127 e. The van der Waals surface area contributed by atoms with E-state index < -0.39 is 0 Å². The average molecular weight is 261 g/mol. The predicted octanol–water partition coefficient (Wildman–Crippen LogP) is 2.65. The molecule has 1 fully saturated rings. The van der Waals surface area contributed by atoms with Crippen LogP contribution >= 0.6 is 0 Å². The van der Waals surface area contributed by atoms with Gasteiger partial charge in [0.1, 0.15) is 11.6 Å². The van der Waals surface area contributed by atoms with E-state index in [9.17, 15) is 4.39 Å². The molecule has 0 aliphatic carbocycles. The first-order valence-corrected chi connectivity index (χ1v) is 6.40. The fourth-order valence-corrected chi connectivity index (χ4v) is 2.60. The Hall–Kier alpha value is -1.88. The van der Waals surface area contributed by atoms with Gasteiger partial charge in [0, 0.05) is 17.2 Å². The van der Waals surface area contributed by atoms with Crippen LogP contribution in [0.25, 0.3) is 11.1 Å². The van der Waals surface area contributed by atoms with Crippen molar-refractivity contribution in [3.8, 4) is 16.9 Å². The van der Waals surface area contributed by atoms with Gasteiger partial charge in [-0.1, -0.05) is 0 Å². The number of halogens is 1. The lowest BCUT2D eigenvalue weighted by Gasteiger charge is -2.13. The first-order chi connectivity index (χ1) is 9.29. The van der Waals surface area contributed by atoms with Crippen LogP contribution < -0.4 is 10.1 Å². The third-order valence-electron chi connectivity index (χ3n) is 3.53. The molecular weight excluding hydrogens is 245 g/mol. The first kappa shape index (κ1) is 12.2. The fraction of sp³-hybridized carbons (Fsp3) is 0.357. The van der Waals surface area contributed by atoms with Crippen LogP contribution in [-0.4, -0.2) is 23.9 Å². The number of aromatic nitrogens is 2. The molecule has 2 heterocycles. The maximum atomic E-state index is 13.5. The molecule has 0 spiro atoms. The summed E-state index contributed by atoms with van der Waals surface area (Å²) in [6, 6.07) is 4.78. The molecule has 19 heavy (non-hydrogen) atoms. The monoisotopic (exact) mass is 261 g/mol. The van der Waals surface area contributed by atoms with Crippen LogP contribution in [0.4, 0.5) is 4.39 Å². The molecule has 100 valence electrons. The molecule has 1 unspecified atom stereocenters. The summed E-state index contributed by atoms with van der Waals surface area (Å²) in [7, 11) is 1.59. The lowest BCUT2D eigenvalue weighted by atomic mass is 10.0. The van der Waals surface area contributed by atoms with E-state index in [1.54, 1.807) is 19.4 Å². The van der Waals surface area contributed by atoms with Gasteiger partial charge in [0.15, 0.2) is 0 Å². The summed E-state index contributed by atoms with van der Waals surface area (Å²) in [4.78, 5) is 0. The number of benzene rings is 1. The van der Waals surface area contributed by atoms with Crippen molar-refractivity contribution < 1.29 is 9.13 Å². The van der Waals surface area contributed by atoms with Gasteiger partial charge in [-0.3, -0.25) is 5.10 Å². The third-order valence-corrected chi connectivity index (χ3v) is 3.53. The number of hydrogen-bond donors (Lipinski definition) is 2. The average Bonchev–Trinajstić information content (AvgIpc) is 3.09. The normalized spacial score (nSPS) is 18.7. The van der Waals surface area contributed by atoms with Gasteiger partial charge in [0.05, 0.1) is 19.0 Å². The Bertz CT molecular complexity index is 576. The summed E-state index contributed by atoms with van der Waals surface area (Å²) < 4.78 is 18.8. The maximum absolute atomic E-state index is 13.5. The van der Waals surface area contributed by atoms with E-state index in [2.05, 4.69) is 15.5 Å². The Morgan fingerprint density at radius 3 is 3.00 bits per heavy atom. The van der Waals surface area contributed by atoms with Crippen molar-refractivity contribution in [3.05, 3.63) is 35.9 Å². The van der Waals surface area contributed by atoms with Gasteiger partial charge in [-0.25, -0.2) is 4.39 Å². The molecule has 5 heteroatoms. The zero-order chi connectivity index (χ0) is 13.2. The van der Waals surface area contributed by atoms with Gasteiger partial charge >= 0.3 is 0 Å². The molecule has 1 atom stereocenters. The van der Waals surface area contributed by atoms with Crippen LogP contribution in [0.5, 0.6) is 5.75 Å². The highest BCUT2D eigenvalue weighted by Crippen LogP contribution is 2.36. The van der Waals surface area contributed by atoms with Crippen LogP contribution in [0, 0.1) is 5.82 Å². The van der Waals surface area contributed by atoms with E-state index >= 15 is 0 Å². The highest BCUT2D eigenvalue weighted by molar-refractivity contribution is 5.72. The number of hydrogen-bond acceptors (Lipinski definition) is 3. The van der Waals surface area contributed by atoms with Gasteiger partial charge in [-0.15, -0.1) is 0 Å². The number of nitrogens with zero attached hydrogens (tertiary/aromatic N) is 1. The lowest BCUT2D eigenvalue weighted by Crippen LogP contribution is -2.14. The Morgan fingerprint density at radius 1 is 1.37 bits per heavy atom. The van der Waals surface area contributed by atoms with Gasteiger partial charge in [0.25, 0.3) is 0 Å². The summed E-state index contributed by atoms with van der Waals surface area (Å²) >= 11 is 0. The topological polar surface area (TPSA) is 49.9 Å². The van der Waals surface area contributed by atoms with E-state index in [1.807, 2.05) is 0 Å². The van der Waals surface area contributed by atoms with Crippen LogP contribution in [-0.2, 0) is 0 Å². The highest BCUT2D eigenvalue weighted by atomic mass is 19.1. The van der Waals surface area contributed by atoms with Crippen molar-refractivity contribution in [1.82, 2.24) is 15.5 Å². The first-order valence-electron chi connectivity index (χ1n) is 6.40. The molecule has 2 aromatic rings. The van der Waals surface area contributed by atoms with E-state index in [1.165, 1.54) is 12.1 Å². The SMILES string of the molecule is COc1ccc(F)cc1-c1cn[nH]c1C1CCCN1. The van der Waals surface area contributed by atoms with Crippen molar-refractivity contribution in [2.45, 2.75) is 18.9 Å². The molecule has 0 bridgehead atoms. The summed E-state index contributed by atoms with van der Waals surface area (Å²) in [6.07, 6.45) is 3.93. The summed E-state index contributed by atoms with van der Waals surface area (Å²) in [5, 5.41) is 10.5. The quantitative estimate of drug-likeness (QED) is 0.893. The van der Waals surface area contributed by atoms with Gasteiger partial charge < -0.3 is 10.1 Å². The van der Waals surface area contributed by atoms with E-state index in [0.29, 0.717) is 5.75 Å². The summed E-state index contributed by atoms with van der Waals surface area (Å²) in [6.45, 7) is 1.00. The molecule has 2 N–H and O–H groups in total. The predicted molar refractivity (Wildman–Crippen MR) is 70.5 cm³/mol. The Balaban J connectivity index is 2.07.